The standard InChI is InChI=1S/C22H21N3O2/c26-19-11-13-5-1-2-6-15(13)21(19)25-20-12-17(22(27)23-14-9-10-14)16-7-3-4-8-18(16)24-20/h1-8,12,14,19,21,26H,9-11H2,(H,23,27)(H,24,25)/t19-,21+/m1/s1. The monoisotopic (exact) mass is 359 g/mol. The molecule has 5 rings (SSSR count). The van der Waals surface area contributed by atoms with Crippen molar-refractivity contribution in [1.82, 2.24) is 10.3 Å². The number of aromatic nitrogens is 1. The van der Waals surface area contributed by atoms with Gasteiger partial charge < -0.3 is 15.7 Å². The molecule has 5 heteroatoms. The molecule has 0 spiro atoms. The molecule has 2 aliphatic rings. The van der Waals surface area contributed by atoms with Crippen molar-refractivity contribution in [3.63, 3.8) is 0 Å². The van der Waals surface area contributed by atoms with Gasteiger partial charge in [0.05, 0.1) is 23.2 Å². The van der Waals surface area contributed by atoms with E-state index in [1.165, 1.54) is 0 Å². The molecule has 2 aromatic carbocycles. The van der Waals surface area contributed by atoms with Crippen LogP contribution in [-0.2, 0) is 6.42 Å². The van der Waals surface area contributed by atoms with E-state index in [2.05, 4.69) is 15.6 Å². The van der Waals surface area contributed by atoms with Crippen LogP contribution >= 0.6 is 0 Å². The Kier molecular flexibility index (Phi) is 3.83. The lowest BCUT2D eigenvalue weighted by atomic mass is 10.1. The molecule has 1 amide bonds. The maximum Gasteiger partial charge on any atom is 0.252 e. The highest BCUT2D eigenvalue weighted by molar-refractivity contribution is 6.07. The van der Waals surface area contributed by atoms with Gasteiger partial charge in [-0.3, -0.25) is 4.79 Å². The molecule has 0 bridgehead atoms. The van der Waals surface area contributed by atoms with Crippen LogP contribution in [0.15, 0.2) is 54.6 Å². The van der Waals surface area contributed by atoms with E-state index in [-0.39, 0.29) is 11.9 Å². The second-order valence-corrected chi connectivity index (χ2v) is 7.41. The van der Waals surface area contributed by atoms with Crippen LogP contribution in [0.1, 0.15) is 40.4 Å². The summed E-state index contributed by atoms with van der Waals surface area (Å²) in [7, 11) is 0. The average Bonchev–Trinajstić information content (AvgIpc) is 3.44. The van der Waals surface area contributed by atoms with E-state index in [9.17, 15) is 9.90 Å². The first-order valence-corrected chi connectivity index (χ1v) is 9.42. The summed E-state index contributed by atoms with van der Waals surface area (Å²) in [6.07, 6.45) is 2.20. The molecule has 1 heterocycles. The molecule has 1 fully saturated rings. The molecule has 0 saturated heterocycles. The number of nitrogens with one attached hydrogen (secondary N) is 2. The molecule has 0 unspecified atom stereocenters. The summed E-state index contributed by atoms with van der Waals surface area (Å²) < 4.78 is 0. The number of anilines is 1. The number of hydrogen-bond acceptors (Lipinski definition) is 4. The first-order chi connectivity index (χ1) is 13.2. The van der Waals surface area contributed by atoms with Crippen molar-refractivity contribution in [3.05, 3.63) is 71.3 Å². The SMILES string of the molecule is O=C(NC1CC1)c1cc(N[C@H]2c3ccccc3C[C@H]2O)nc2ccccc12. The zero-order chi connectivity index (χ0) is 18.4. The molecular formula is C22H21N3O2. The fourth-order valence-electron chi connectivity index (χ4n) is 3.84. The highest BCUT2D eigenvalue weighted by Crippen LogP contribution is 2.34. The van der Waals surface area contributed by atoms with Gasteiger partial charge in [0, 0.05) is 17.8 Å². The number of fused-ring (bicyclic) bond motifs is 2. The average molecular weight is 359 g/mol. The van der Waals surface area contributed by atoms with Crippen LogP contribution in [0.5, 0.6) is 0 Å². The van der Waals surface area contributed by atoms with E-state index < -0.39 is 6.10 Å². The minimum atomic E-state index is -0.514. The number of hydrogen-bond donors (Lipinski definition) is 3. The zero-order valence-corrected chi connectivity index (χ0v) is 14.9. The summed E-state index contributed by atoms with van der Waals surface area (Å²) in [4.78, 5) is 17.4. The van der Waals surface area contributed by atoms with Crippen LogP contribution in [0.2, 0.25) is 0 Å². The number of rotatable bonds is 4. The molecule has 3 aromatic rings. The van der Waals surface area contributed by atoms with Crippen molar-refractivity contribution in [2.75, 3.05) is 5.32 Å². The van der Waals surface area contributed by atoms with Gasteiger partial charge in [-0.25, -0.2) is 4.98 Å². The Morgan fingerprint density at radius 3 is 2.70 bits per heavy atom. The third kappa shape index (κ3) is 3.04. The van der Waals surface area contributed by atoms with Gasteiger partial charge in [-0.2, -0.15) is 0 Å². The molecule has 2 atom stereocenters. The molecule has 5 nitrogen and oxygen atoms in total. The summed E-state index contributed by atoms with van der Waals surface area (Å²) >= 11 is 0. The minimum Gasteiger partial charge on any atom is -0.390 e. The number of amides is 1. The first-order valence-electron chi connectivity index (χ1n) is 9.42. The zero-order valence-electron chi connectivity index (χ0n) is 14.9. The molecule has 27 heavy (non-hydrogen) atoms. The van der Waals surface area contributed by atoms with E-state index >= 15 is 0 Å². The molecule has 0 aliphatic heterocycles. The van der Waals surface area contributed by atoms with Crippen molar-refractivity contribution in [3.8, 4) is 0 Å². The van der Waals surface area contributed by atoms with Gasteiger partial charge in [0.15, 0.2) is 0 Å². The van der Waals surface area contributed by atoms with Crippen LogP contribution in [0, 0.1) is 0 Å². The van der Waals surface area contributed by atoms with E-state index in [0.29, 0.717) is 23.8 Å². The summed E-state index contributed by atoms with van der Waals surface area (Å²) in [5.41, 5.74) is 3.62. The number of para-hydroxylation sites is 1. The molecule has 0 radical (unpaired) electrons. The maximum atomic E-state index is 12.7. The lowest BCUT2D eigenvalue weighted by molar-refractivity contribution is 0.0952. The molecule has 1 saturated carbocycles. The van der Waals surface area contributed by atoms with E-state index in [1.54, 1.807) is 6.07 Å². The number of carbonyl (C=O) groups excluding carboxylic acids is 1. The fourth-order valence-corrected chi connectivity index (χ4v) is 3.84. The Morgan fingerprint density at radius 1 is 1.07 bits per heavy atom. The number of benzene rings is 2. The van der Waals surface area contributed by atoms with Crippen LogP contribution in [0.4, 0.5) is 5.82 Å². The molecular weight excluding hydrogens is 338 g/mol. The number of pyridine rings is 1. The van der Waals surface area contributed by atoms with Gasteiger partial charge in [-0.15, -0.1) is 0 Å². The van der Waals surface area contributed by atoms with Gasteiger partial charge in [0.2, 0.25) is 0 Å². The fraction of sp³-hybridized carbons (Fsp3) is 0.273. The van der Waals surface area contributed by atoms with Crippen molar-refractivity contribution >= 4 is 22.6 Å². The highest BCUT2D eigenvalue weighted by atomic mass is 16.3. The normalized spacial score (nSPS) is 21.1. The number of aliphatic hydroxyl groups excluding tert-OH is 1. The quantitative estimate of drug-likeness (QED) is 0.669. The molecule has 1 aromatic heterocycles. The largest absolute Gasteiger partial charge is 0.390 e. The van der Waals surface area contributed by atoms with Crippen LogP contribution in [0.3, 0.4) is 0 Å². The predicted octanol–water partition coefficient (Wildman–Crippen LogP) is 3.20. The smallest absolute Gasteiger partial charge is 0.252 e. The summed E-state index contributed by atoms with van der Waals surface area (Å²) in [5.74, 6) is 0.543. The molecule has 3 N–H and O–H groups in total. The van der Waals surface area contributed by atoms with Gasteiger partial charge >= 0.3 is 0 Å². The van der Waals surface area contributed by atoms with Crippen LogP contribution < -0.4 is 10.6 Å². The van der Waals surface area contributed by atoms with E-state index in [1.807, 2.05) is 48.5 Å². The third-order valence-corrected chi connectivity index (χ3v) is 5.38. The Labute approximate surface area is 157 Å². The highest BCUT2D eigenvalue weighted by Gasteiger charge is 2.31. The third-order valence-electron chi connectivity index (χ3n) is 5.38. The molecule has 136 valence electrons. The van der Waals surface area contributed by atoms with Gasteiger partial charge in [0.1, 0.15) is 5.82 Å². The van der Waals surface area contributed by atoms with Gasteiger partial charge in [-0.1, -0.05) is 42.5 Å². The second kappa shape index (κ2) is 6.35. The molecule has 2 aliphatic carbocycles. The predicted molar refractivity (Wildman–Crippen MR) is 105 cm³/mol. The summed E-state index contributed by atoms with van der Waals surface area (Å²) in [5, 5.41) is 17.8. The first kappa shape index (κ1) is 16.3. The topological polar surface area (TPSA) is 74.2 Å². The summed E-state index contributed by atoms with van der Waals surface area (Å²) in [6, 6.07) is 17.6. The second-order valence-electron chi connectivity index (χ2n) is 7.41. The Hall–Kier alpha value is -2.92. The number of carbonyl (C=O) groups is 1. The van der Waals surface area contributed by atoms with Crippen LogP contribution in [-0.4, -0.2) is 28.1 Å². The Bertz CT molecular complexity index is 1030. The maximum absolute atomic E-state index is 12.7. The lowest BCUT2D eigenvalue weighted by Gasteiger charge is -2.19. The van der Waals surface area contributed by atoms with Crippen LogP contribution in [0.25, 0.3) is 10.9 Å². The van der Waals surface area contributed by atoms with Gasteiger partial charge in [0.25, 0.3) is 5.91 Å². The van der Waals surface area contributed by atoms with Crippen molar-refractivity contribution in [1.29, 1.82) is 0 Å². The van der Waals surface area contributed by atoms with Crippen molar-refractivity contribution in [2.24, 2.45) is 0 Å². The Morgan fingerprint density at radius 2 is 1.85 bits per heavy atom. The van der Waals surface area contributed by atoms with Gasteiger partial charge in [-0.05, 0) is 36.1 Å². The van der Waals surface area contributed by atoms with E-state index in [0.717, 1.165) is 34.9 Å². The lowest BCUT2D eigenvalue weighted by Crippen LogP contribution is -2.26. The minimum absolute atomic E-state index is 0.0634. The van der Waals surface area contributed by atoms with Crippen molar-refractivity contribution in [2.45, 2.75) is 37.5 Å². The number of nitrogens with zero attached hydrogens (tertiary/aromatic N) is 1. The van der Waals surface area contributed by atoms with Crippen molar-refractivity contribution < 1.29 is 9.90 Å². The van der Waals surface area contributed by atoms with E-state index in [4.69, 9.17) is 0 Å². The number of aliphatic hydroxyl groups is 1. The summed E-state index contributed by atoms with van der Waals surface area (Å²) in [6.45, 7) is 0. The Balaban J connectivity index is 1.53.